The van der Waals surface area contributed by atoms with Crippen LogP contribution in [0.15, 0.2) is 66.7 Å². The fraction of sp³-hybridized carbons (Fsp3) is 0.333. The van der Waals surface area contributed by atoms with Crippen molar-refractivity contribution in [3.8, 4) is 0 Å². The highest BCUT2D eigenvalue weighted by Gasteiger charge is 2.26. The molecule has 3 aromatic carbocycles. The van der Waals surface area contributed by atoms with Crippen LogP contribution in [0.4, 0.5) is 14.5 Å². The van der Waals surface area contributed by atoms with Gasteiger partial charge in [-0.1, -0.05) is 49.2 Å². The number of nitrogens with zero attached hydrogens (tertiary/aromatic N) is 1. The highest BCUT2D eigenvalue weighted by molar-refractivity contribution is 8.00. The maximum absolute atomic E-state index is 13.8. The lowest BCUT2D eigenvalue weighted by molar-refractivity contribution is 0.170. The first-order valence-corrected chi connectivity index (χ1v) is 12.5. The van der Waals surface area contributed by atoms with Crippen LogP contribution in [0.3, 0.4) is 0 Å². The Morgan fingerprint density at radius 3 is 2.58 bits per heavy atom. The number of benzene rings is 3. The van der Waals surface area contributed by atoms with Gasteiger partial charge in [0.25, 0.3) is 0 Å². The van der Waals surface area contributed by atoms with E-state index in [0.29, 0.717) is 0 Å². The van der Waals surface area contributed by atoms with Crippen molar-refractivity contribution in [1.82, 2.24) is 10.2 Å². The quantitative estimate of drug-likeness (QED) is 0.291. The van der Waals surface area contributed by atoms with E-state index in [1.807, 2.05) is 18.2 Å². The standard InChI is InChI=1S/C27H31F2N3S/c1-2-33-31-26-5-3-4-21(14-26)18-30-12-13-32-19-22-8-11-25(29)16-23(22)17-27(32)15-20-6-9-24(28)10-7-20/h3-11,14,16,27,30-31H,2,12-13,15,17-19H2,1H3. The number of hydrogen-bond donors (Lipinski definition) is 2. The van der Waals surface area contributed by atoms with Gasteiger partial charge in [0.05, 0.1) is 0 Å². The molecule has 0 bridgehead atoms. The van der Waals surface area contributed by atoms with Crippen LogP contribution in [-0.4, -0.2) is 29.8 Å². The Balaban J connectivity index is 1.37. The summed E-state index contributed by atoms with van der Waals surface area (Å²) in [6.07, 6.45) is 1.62. The summed E-state index contributed by atoms with van der Waals surface area (Å²) in [6.45, 7) is 5.49. The molecule has 0 spiro atoms. The van der Waals surface area contributed by atoms with Gasteiger partial charge in [0.1, 0.15) is 11.6 Å². The Morgan fingerprint density at radius 2 is 1.76 bits per heavy atom. The molecule has 1 aliphatic heterocycles. The van der Waals surface area contributed by atoms with Gasteiger partial charge in [-0.3, -0.25) is 4.90 Å². The largest absolute Gasteiger partial charge is 0.330 e. The average Bonchev–Trinajstić information content (AvgIpc) is 2.82. The third kappa shape index (κ3) is 6.79. The zero-order valence-electron chi connectivity index (χ0n) is 19.0. The smallest absolute Gasteiger partial charge is 0.123 e. The fourth-order valence-corrected chi connectivity index (χ4v) is 4.82. The molecule has 0 fully saturated rings. The Morgan fingerprint density at radius 1 is 0.939 bits per heavy atom. The third-order valence-electron chi connectivity index (χ3n) is 6.06. The number of halogens is 2. The third-order valence-corrected chi connectivity index (χ3v) is 6.73. The maximum Gasteiger partial charge on any atom is 0.123 e. The molecule has 1 aliphatic rings. The van der Waals surface area contributed by atoms with Crippen LogP contribution in [0.5, 0.6) is 0 Å². The Hall–Kier alpha value is -2.41. The minimum atomic E-state index is -0.219. The van der Waals surface area contributed by atoms with E-state index in [0.717, 1.165) is 61.6 Å². The van der Waals surface area contributed by atoms with E-state index in [4.69, 9.17) is 0 Å². The molecular formula is C27H31F2N3S. The van der Waals surface area contributed by atoms with Crippen molar-refractivity contribution in [3.63, 3.8) is 0 Å². The summed E-state index contributed by atoms with van der Waals surface area (Å²) in [5, 5.41) is 3.57. The van der Waals surface area contributed by atoms with Crippen molar-refractivity contribution in [1.29, 1.82) is 0 Å². The monoisotopic (exact) mass is 467 g/mol. The van der Waals surface area contributed by atoms with Gasteiger partial charge in [-0.05, 0) is 71.5 Å². The zero-order chi connectivity index (χ0) is 23.0. The minimum absolute atomic E-state index is 0.182. The molecule has 0 aliphatic carbocycles. The van der Waals surface area contributed by atoms with E-state index < -0.39 is 0 Å². The second-order valence-electron chi connectivity index (χ2n) is 8.48. The SMILES string of the molecule is CCSNc1cccc(CNCCN2Cc3ccc(F)cc3CC2Cc2ccc(F)cc2)c1. The molecule has 6 heteroatoms. The summed E-state index contributed by atoms with van der Waals surface area (Å²) in [5.41, 5.74) is 5.76. The van der Waals surface area contributed by atoms with Gasteiger partial charge in [0.15, 0.2) is 0 Å². The molecule has 0 radical (unpaired) electrons. The molecule has 0 amide bonds. The van der Waals surface area contributed by atoms with Gasteiger partial charge in [0.2, 0.25) is 0 Å². The molecular weight excluding hydrogens is 436 g/mol. The van der Waals surface area contributed by atoms with Crippen LogP contribution in [-0.2, 0) is 25.9 Å². The molecule has 0 saturated heterocycles. The van der Waals surface area contributed by atoms with E-state index in [1.165, 1.54) is 23.3 Å². The molecule has 174 valence electrons. The van der Waals surface area contributed by atoms with Crippen LogP contribution in [0.1, 0.15) is 29.2 Å². The van der Waals surface area contributed by atoms with Crippen LogP contribution in [0.2, 0.25) is 0 Å². The van der Waals surface area contributed by atoms with Crippen molar-refractivity contribution >= 4 is 17.6 Å². The summed E-state index contributed by atoms with van der Waals surface area (Å²) < 4.78 is 30.5. The van der Waals surface area contributed by atoms with Gasteiger partial charge < -0.3 is 10.0 Å². The zero-order valence-corrected chi connectivity index (χ0v) is 19.8. The minimum Gasteiger partial charge on any atom is -0.330 e. The Labute approximate surface area is 199 Å². The normalized spacial score (nSPS) is 15.9. The number of fused-ring (bicyclic) bond motifs is 1. The lowest BCUT2D eigenvalue weighted by Crippen LogP contribution is -2.44. The van der Waals surface area contributed by atoms with Gasteiger partial charge in [-0.2, -0.15) is 0 Å². The molecule has 1 unspecified atom stereocenters. The molecule has 0 saturated carbocycles. The number of anilines is 1. The van der Waals surface area contributed by atoms with E-state index in [1.54, 1.807) is 24.1 Å². The average molecular weight is 468 g/mol. The number of hydrogen-bond acceptors (Lipinski definition) is 4. The molecule has 3 aromatic rings. The van der Waals surface area contributed by atoms with Crippen molar-refractivity contribution in [2.75, 3.05) is 23.6 Å². The van der Waals surface area contributed by atoms with Crippen molar-refractivity contribution in [2.45, 2.75) is 38.9 Å². The Kier molecular flexibility index (Phi) is 8.37. The number of rotatable bonds is 10. The van der Waals surface area contributed by atoms with E-state index in [2.05, 4.69) is 46.1 Å². The molecule has 33 heavy (non-hydrogen) atoms. The summed E-state index contributed by atoms with van der Waals surface area (Å²) in [5.74, 6) is 0.620. The van der Waals surface area contributed by atoms with Crippen molar-refractivity contribution in [3.05, 3.63) is 101 Å². The fourth-order valence-electron chi connectivity index (χ4n) is 4.38. The lowest BCUT2D eigenvalue weighted by atomic mass is 9.90. The van der Waals surface area contributed by atoms with Crippen LogP contribution in [0.25, 0.3) is 0 Å². The van der Waals surface area contributed by atoms with Crippen LogP contribution in [0, 0.1) is 11.6 Å². The van der Waals surface area contributed by atoms with Crippen LogP contribution >= 0.6 is 11.9 Å². The second kappa shape index (κ2) is 11.6. The maximum atomic E-state index is 13.8. The van der Waals surface area contributed by atoms with E-state index in [9.17, 15) is 8.78 Å². The van der Waals surface area contributed by atoms with Gasteiger partial charge in [-0.15, -0.1) is 0 Å². The molecule has 3 nitrogen and oxygen atoms in total. The van der Waals surface area contributed by atoms with Gasteiger partial charge in [0, 0.05) is 43.7 Å². The van der Waals surface area contributed by atoms with Gasteiger partial charge >= 0.3 is 0 Å². The summed E-state index contributed by atoms with van der Waals surface area (Å²) >= 11 is 1.69. The Bertz CT molecular complexity index is 1040. The lowest BCUT2D eigenvalue weighted by Gasteiger charge is -2.37. The van der Waals surface area contributed by atoms with Crippen molar-refractivity contribution < 1.29 is 8.78 Å². The predicted octanol–water partition coefficient (Wildman–Crippen LogP) is 5.80. The van der Waals surface area contributed by atoms with E-state index in [-0.39, 0.29) is 17.7 Å². The summed E-state index contributed by atoms with van der Waals surface area (Å²) in [6, 6.07) is 20.6. The topological polar surface area (TPSA) is 27.3 Å². The first kappa shape index (κ1) is 23.7. The number of nitrogens with one attached hydrogen (secondary N) is 2. The summed E-state index contributed by atoms with van der Waals surface area (Å²) in [7, 11) is 0. The first-order chi connectivity index (χ1) is 16.1. The molecule has 2 N–H and O–H groups in total. The molecule has 0 aromatic heterocycles. The second-order valence-corrected chi connectivity index (χ2v) is 9.55. The highest BCUT2D eigenvalue weighted by Crippen LogP contribution is 2.26. The molecule has 1 heterocycles. The van der Waals surface area contributed by atoms with Gasteiger partial charge in [-0.25, -0.2) is 8.78 Å². The first-order valence-electron chi connectivity index (χ1n) is 11.5. The molecule has 1 atom stereocenters. The highest BCUT2D eigenvalue weighted by atomic mass is 32.2. The molecule has 4 rings (SSSR count). The van der Waals surface area contributed by atoms with Crippen LogP contribution < -0.4 is 10.0 Å². The van der Waals surface area contributed by atoms with Crippen molar-refractivity contribution in [2.24, 2.45) is 0 Å². The summed E-state index contributed by atoms with van der Waals surface area (Å²) in [4.78, 5) is 2.46. The predicted molar refractivity (Wildman–Crippen MR) is 134 cm³/mol. The van der Waals surface area contributed by atoms with E-state index >= 15 is 0 Å².